The van der Waals surface area contributed by atoms with Gasteiger partial charge in [0.1, 0.15) is 5.56 Å². The SMILES string of the molecule is CCN(Cc1noc(CC(C)C)n1)C(=O)c1cc2c([nH]c1=O)CCCC2. The van der Waals surface area contributed by atoms with Gasteiger partial charge in [-0.15, -0.1) is 0 Å². The summed E-state index contributed by atoms with van der Waals surface area (Å²) in [5.41, 5.74) is 1.92. The second kappa shape index (κ2) is 7.85. The molecule has 7 nitrogen and oxygen atoms in total. The highest BCUT2D eigenvalue weighted by atomic mass is 16.5. The summed E-state index contributed by atoms with van der Waals surface area (Å²) >= 11 is 0. The van der Waals surface area contributed by atoms with Gasteiger partial charge in [0.15, 0.2) is 5.82 Å². The Morgan fingerprint density at radius 2 is 2.12 bits per heavy atom. The summed E-state index contributed by atoms with van der Waals surface area (Å²) in [5, 5.41) is 3.96. The van der Waals surface area contributed by atoms with Crippen molar-refractivity contribution < 1.29 is 9.32 Å². The Morgan fingerprint density at radius 3 is 2.85 bits per heavy atom. The highest BCUT2D eigenvalue weighted by Gasteiger charge is 2.22. The number of aryl methyl sites for hydroxylation is 2. The number of hydrogen-bond donors (Lipinski definition) is 1. The molecular formula is C19H26N4O3. The number of nitrogens with one attached hydrogen (secondary N) is 1. The minimum atomic E-state index is -0.317. The molecule has 0 saturated carbocycles. The van der Waals surface area contributed by atoms with Crippen molar-refractivity contribution in [1.82, 2.24) is 20.0 Å². The van der Waals surface area contributed by atoms with Crippen LogP contribution in [-0.2, 0) is 25.8 Å². The van der Waals surface area contributed by atoms with Crippen LogP contribution in [0.5, 0.6) is 0 Å². The van der Waals surface area contributed by atoms with E-state index in [0.717, 1.165) is 36.9 Å². The first kappa shape index (κ1) is 18.4. The minimum Gasteiger partial charge on any atom is -0.339 e. The zero-order chi connectivity index (χ0) is 18.7. The number of rotatable bonds is 6. The molecular weight excluding hydrogens is 332 g/mol. The molecule has 1 N–H and O–H groups in total. The van der Waals surface area contributed by atoms with Crippen molar-refractivity contribution in [2.45, 2.75) is 59.4 Å². The number of aromatic amines is 1. The van der Waals surface area contributed by atoms with Crippen LogP contribution < -0.4 is 5.56 Å². The Hall–Kier alpha value is -2.44. The van der Waals surface area contributed by atoms with Crippen LogP contribution in [0.4, 0.5) is 0 Å². The van der Waals surface area contributed by atoms with Gasteiger partial charge in [0.05, 0.1) is 6.54 Å². The van der Waals surface area contributed by atoms with Gasteiger partial charge >= 0.3 is 0 Å². The first-order chi connectivity index (χ1) is 12.5. The van der Waals surface area contributed by atoms with Gasteiger partial charge in [-0.1, -0.05) is 19.0 Å². The lowest BCUT2D eigenvalue weighted by Crippen LogP contribution is -2.35. The predicted molar refractivity (Wildman–Crippen MR) is 97.0 cm³/mol. The van der Waals surface area contributed by atoms with Crippen LogP contribution in [0, 0.1) is 5.92 Å². The largest absolute Gasteiger partial charge is 0.339 e. The molecule has 0 aromatic carbocycles. The molecule has 2 aromatic rings. The Balaban J connectivity index is 1.79. The summed E-state index contributed by atoms with van der Waals surface area (Å²) in [5.74, 6) is 1.16. The molecule has 0 radical (unpaired) electrons. The van der Waals surface area contributed by atoms with Crippen LogP contribution in [0.3, 0.4) is 0 Å². The molecule has 140 valence electrons. The van der Waals surface area contributed by atoms with Crippen molar-refractivity contribution in [3.05, 3.63) is 45.0 Å². The third-order valence-electron chi connectivity index (χ3n) is 4.66. The average molecular weight is 358 g/mol. The molecule has 1 aliphatic carbocycles. The van der Waals surface area contributed by atoms with Crippen LogP contribution in [0.1, 0.15) is 66.9 Å². The van der Waals surface area contributed by atoms with Gasteiger partial charge in [0.25, 0.3) is 11.5 Å². The molecule has 0 fully saturated rings. The maximum atomic E-state index is 12.9. The molecule has 2 heterocycles. The maximum absolute atomic E-state index is 12.9. The van der Waals surface area contributed by atoms with E-state index in [4.69, 9.17) is 4.52 Å². The number of carbonyl (C=O) groups excluding carboxylic acids is 1. The van der Waals surface area contributed by atoms with E-state index < -0.39 is 0 Å². The molecule has 1 amide bonds. The number of hydrogen-bond acceptors (Lipinski definition) is 5. The van der Waals surface area contributed by atoms with Gasteiger partial charge in [-0.2, -0.15) is 4.98 Å². The maximum Gasteiger partial charge on any atom is 0.261 e. The monoisotopic (exact) mass is 358 g/mol. The van der Waals surface area contributed by atoms with Gasteiger partial charge in [-0.3, -0.25) is 9.59 Å². The Bertz CT molecular complexity index is 838. The number of nitrogens with zero attached hydrogens (tertiary/aromatic N) is 3. The fourth-order valence-electron chi connectivity index (χ4n) is 3.29. The van der Waals surface area contributed by atoms with Gasteiger partial charge < -0.3 is 14.4 Å². The van der Waals surface area contributed by atoms with Crippen LogP contribution in [0.2, 0.25) is 0 Å². The molecule has 26 heavy (non-hydrogen) atoms. The van der Waals surface area contributed by atoms with Crippen LogP contribution in [0.15, 0.2) is 15.4 Å². The average Bonchev–Trinajstić information content (AvgIpc) is 3.04. The highest BCUT2D eigenvalue weighted by Crippen LogP contribution is 2.19. The van der Waals surface area contributed by atoms with Crippen molar-refractivity contribution >= 4 is 5.91 Å². The fraction of sp³-hybridized carbons (Fsp3) is 0.579. The third kappa shape index (κ3) is 4.03. The summed E-state index contributed by atoms with van der Waals surface area (Å²) in [6.45, 7) is 6.72. The first-order valence-electron chi connectivity index (χ1n) is 9.33. The zero-order valence-electron chi connectivity index (χ0n) is 15.7. The van der Waals surface area contributed by atoms with Gasteiger partial charge in [0.2, 0.25) is 5.89 Å². The van der Waals surface area contributed by atoms with E-state index in [1.807, 2.05) is 6.92 Å². The summed E-state index contributed by atoms with van der Waals surface area (Å²) < 4.78 is 5.24. The Kier molecular flexibility index (Phi) is 5.54. The van der Waals surface area contributed by atoms with Crippen molar-refractivity contribution in [2.24, 2.45) is 5.92 Å². The lowest BCUT2D eigenvalue weighted by Gasteiger charge is -2.20. The number of amides is 1. The van der Waals surface area contributed by atoms with Crippen LogP contribution >= 0.6 is 0 Å². The van der Waals surface area contributed by atoms with Crippen molar-refractivity contribution in [3.63, 3.8) is 0 Å². The van der Waals surface area contributed by atoms with E-state index in [1.54, 1.807) is 11.0 Å². The van der Waals surface area contributed by atoms with Crippen molar-refractivity contribution in [3.8, 4) is 0 Å². The molecule has 0 saturated heterocycles. The zero-order valence-corrected chi connectivity index (χ0v) is 15.7. The molecule has 0 spiro atoms. The minimum absolute atomic E-state index is 0.193. The summed E-state index contributed by atoms with van der Waals surface area (Å²) in [7, 11) is 0. The highest BCUT2D eigenvalue weighted by molar-refractivity contribution is 5.94. The van der Waals surface area contributed by atoms with Gasteiger partial charge in [-0.25, -0.2) is 0 Å². The molecule has 0 unspecified atom stereocenters. The number of H-pyrrole nitrogens is 1. The number of fused-ring (bicyclic) bond motifs is 1. The summed E-state index contributed by atoms with van der Waals surface area (Å²) in [6, 6.07) is 1.76. The van der Waals surface area contributed by atoms with Crippen LogP contribution in [0.25, 0.3) is 0 Å². The van der Waals surface area contributed by atoms with Crippen molar-refractivity contribution in [2.75, 3.05) is 6.54 Å². The van der Waals surface area contributed by atoms with Crippen LogP contribution in [-0.4, -0.2) is 32.5 Å². The molecule has 0 bridgehead atoms. The first-order valence-corrected chi connectivity index (χ1v) is 9.33. The number of aromatic nitrogens is 3. The second-order valence-corrected chi connectivity index (χ2v) is 7.24. The summed E-state index contributed by atoms with van der Waals surface area (Å²) in [4.78, 5) is 34.1. The Labute approximate surface area is 152 Å². The molecule has 2 aromatic heterocycles. The van der Waals surface area contributed by atoms with Gasteiger partial charge in [0, 0.05) is 18.7 Å². The standard InChI is InChI=1S/C19H26N4O3/c1-4-23(11-16-21-17(26-22-16)9-12(2)3)19(25)14-10-13-7-5-6-8-15(13)20-18(14)24/h10,12H,4-9,11H2,1-3H3,(H,20,24). The normalized spacial score (nSPS) is 13.7. The second-order valence-electron chi connectivity index (χ2n) is 7.24. The number of carbonyl (C=O) groups is 1. The van der Waals surface area contributed by atoms with Crippen molar-refractivity contribution in [1.29, 1.82) is 0 Å². The molecule has 7 heteroatoms. The lowest BCUT2D eigenvalue weighted by atomic mass is 9.95. The molecule has 0 aliphatic heterocycles. The van der Waals surface area contributed by atoms with Gasteiger partial charge in [-0.05, 0) is 50.2 Å². The van der Waals surface area contributed by atoms with E-state index in [-0.39, 0.29) is 23.6 Å². The van der Waals surface area contributed by atoms with E-state index in [9.17, 15) is 9.59 Å². The Morgan fingerprint density at radius 1 is 1.35 bits per heavy atom. The summed E-state index contributed by atoms with van der Waals surface area (Å²) in [6.07, 6.45) is 4.65. The van der Waals surface area contributed by atoms with E-state index in [1.165, 1.54) is 0 Å². The van der Waals surface area contributed by atoms with E-state index in [2.05, 4.69) is 29.0 Å². The van der Waals surface area contributed by atoms with E-state index in [0.29, 0.717) is 30.6 Å². The topological polar surface area (TPSA) is 92.1 Å². The molecule has 1 aliphatic rings. The molecule has 0 atom stereocenters. The fourth-order valence-corrected chi connectivity index (χ4v) is 3.29. The quantitative estimate of drug-likeness (QED) is 0.856. The third-order valence-corrected chi connectivity index (χ3v) is 4.66. The lowest BCUT2D eigenvalue weighted by molar-refractivity contribution is 0.0745. The molecule has 3 rings (SSSR count). The smallest absolute Gasteiger partial charge is 0.261 e. The number of pyridine rings is 1. The van der Waals surface area contributed by atoms with E-state index >= 15 is 0 Å². The predicted octanol–water partition coefficient (Wildman–Crippen LogP) is 2.50.